The summed E-state index contributed by atoms with van der Waals surface area (Å²) in [6, 6.07) is 5.38. The van der Waals surface area contributed by atoms with Gasteiger partial charge in [-0.1, -0.05) is 0 Å². The Kier molecular flexibility index (Phi) is 6.04. The molecule has 0 unspecified atom stereocenters. The molecule has 30 heavy (non-hydrogen) atoms. The highest BCUT2D eigenvalue weighted by Gasteiger charge is 2.38. The van der Waals surface area contributed by atoms with Gasteiger partial charge in [0, 0.05) is 32.2 Å². The van der Waals surface area contributed by atoms with Crippen LogP contribution in [0.1, 0.15) is 29.0 Å². The van der Waals surface area contributed by atoms with Gasteiger partial charge in [-0.05, 0) is 37.1 Å². The Bertz CT molecular complexity index is 1080. The van der Waals surface area contributed by atoms with E-state index in [2.05, 4.69) is 10.4 Å². The highest BCUT2D eigenvalue weighted by atomic mass is 32.2. The number of aromatic nitrogens is 3. The van der Waals surface area contributed by atoms with Crippen molar-refractivity contribution in [3.63, 3.8) is 0 Å². The van der Waals surface area contributed by atoms with E-state index in [0.717, 1.165) is 19.9 Å². The van der Waals surface area contributed by atoms with Crippen LogP contribution in [-0.2, 0) is 29.8 Å². The van der Waals surface area contributed by atoms with Crippen LogP contribution in [0.25, 0.3) is 0 Å². The molecule has 1 aliphatic rings. The summed E-state index contributed by atoms with van der Waals surface area (Å²) >= 11 is 0. The fraction of sp³-hybridized carbons (Fsp3) is 0.471. The first-order valence-corrected chi connectivity index (χ1v) is 10.6. The number of nitrogens with zero attached hydrogens (tertiary/aromatic N) is 4. The minimum absolute atomic E-state index is 0.0840. The second-order valence-electron chi connectivity index (χ2n) is 6.78. The summed E-state index contributed by atoms with van der Waals surface area (Å²) < 4.78 is 65.7. The van der Waals surface area contributed by atoms with Crippen molar-refractivity contribution >= 4 is 15.9 Å². The summed E-state index contributed by atoms with van der Waals surface area (Å²) in [5, 5.41) is 5.71. The number of hydrogen-bond acceptors (Lipinski definition) is 5. The third kappa shape index (κ3) is 4.41. The number of benzene rings is 1. The number of amides is 1. The first-order chi connectivity index (χ1) is 14.0. The van der Waals surface area contributed by atoms with Crippen LogP contribution in [0.2, 0.25) is 0 Å². The number of nitrogens with one attached hydrogen (secondary N) is 1. The molecule has 0 saturated carbocycles. The van der Waals surface area contributed by atoms with Gasteiger partial charge in [-0.25, -0.2) is 17.9 Å². The number of carbonyl (C=O) groups excluding carboxylic acids is 1. The summed E-state index contributed by atoms with van der Waals surface area (Å²) in [4.78, 5) is 24.1. The summed E-state index contributed by atoms with van der Waals surface area (Å²) in [5.41, 5.74) is -0.771. The Balaban J connectivity index is 1.61. The van der Waals surface area contributed by atoms with Crippen molar-refractivity contribution in [2.75, 3.05) is 19.6 Å². The first kappa shape index (κ1) is 22.0. The van der Waals surface area contributed by atoms with Crippen molar-refractivity contribution in [3.05, 3.63) is 46.1 Å². The van der Waals surface area contributed by atoms with Crippen molar-refractivity contribution in [3.8, 4) is 0 Å². The third-order valence-electron chi connectivity index (χ3n) is 4.72. The second kappa shape index (κ2) is 8.22. The predicted molar refractivity (Wildman–Crippen MR) is 99.2 cm³/mol. The number of carbonyl (C=O) groups is 1. The molecule has 0 atom stereocenters. The smallest absolute Gasteiger partial charge is 0.350 e. The van der Waals surface area contributed by atoms with Gasteiger partial charge in [-0.2, -0.15) is 17.5 Å². The highest BCUT2D eigenvalue weighted by molar-refractivity contribution is 7.89. The lowest BCUT2D eigenvalue weighted by Crippen LogP contribution is -2.32. The predicted octanol–water partition coefficient (Wildman–Crippen LogP) is 0.815. The lowest BCUT2D eigenvalue weighted by atomic mass is 10.2. The maximum Gasteiger partial charge on any atom is 0.451 e. The Morgan fingerprint density at radius 1 is 1.17 bits per heavy atom. The van der Waals surface area contributed by atoms with E-state index >= 15 is 0 Å². The van der Waals surface area contributed by atoms with Gasteiger partial charge in [0.2, 0.25) is 15.8 Å². The molecule has 1 aromatic carbocycles. The van der Waals surface area contributed by atoms with E-state index in [-0.39, 0.29) is 23.5 Å². The zero-order chi connectivity index (χ0) is 22.1. The lowest BCUT2D eigenvalue weighted by molar-refractivity contribution is -0.147. The van der Waals surface area contributed by atoms with Gasteiger partial charge in [0.15, 0.2) is 0 Å². The molecule has 1 saturated heterocycles. The Labute approximate surface area is 170 Å². The molecular weight excluding hydrogens is 427 g/mol. The van der Waals surface area contributed by atoms with Crippen molar-refractivity contribution < 1.29 is 26.4 Å². The molecule has 2 aromatic rings. The molecule has 0 radical (unpaired) electrons. The average Bonchev–Trinajstić information content (AvgIpc) is 3.32. The minimum Gasteiger partial charge on any atom is -0.350 e. The fourth-order valence-electron chi connectivity index (χ4n) is 3.11. The van der Waals surface area contributed by atoms with E-state index in [1.54, 1.807) is 0 Å². The SMILES string of the molecule is Cn1c(C(F)(F)F)nn(CCNC(=O)c2ccc(S(=O)(=O)N3CCCC3)cc2)c1=O. The number of rotatable bonds is 6. The quantitative estimate of drug-likeness (QED) is 0.706. The zero-order valence-corrected chi connectivity index (χ0v) is 16.8. The van der Waals surface area contributed by atoms with Gasteiger partial charge in [0.05, 0.1) is 11.4 Å². The second-order valence-corrected chi connectivity index (χ2v) is 8.72. The molecule has 9 nitrogen and oxygen atoms in total. The van der Waals surface area contributed by atoms with Gasteiger partial charge in [-0.3, -0.25) is 9.36 Å². The number of alkyl halides is 3. The van der Waals surface area contributed by atoms with Gasteiger partial charge >= 0.3 is 11.9 Å². The highest BCUT2D eigenvalue weighted by Crippen LogP contribution is 2.26. The Morgan fingerprint density at radius 2 is 1.77 bits per heavy atom. The molecule has 0 spiro atoms. The number of sulfonamides is 1. The van der Waals surface area contributed by atoms with Crippen LogP contribution >= 0.6 is 0 Å². The molecule has 164 valence electrons. The van der Waals surface area contributed by atoms with E-state index in [9.17, 15) is 31.2 Å². The first-order valence-electron chi connectivity index (χ1n) is 9.11. The molecule has 1 aliphatic heterocycles. The average molecular weight is 447 g/mol. The molecule has 3 rings (SSSR count). The van der Waals surface area contributed by atoms with Crippen LogP contribution in [0, 0.1) is 0 Å². The normalized spacial score (nSPS) is 15.5. The molecule has 0 aliphatic carbocycles. The van der Waals surface area contributed by atoms with Crippen LogP contribution in [0.5, 0.6) is 0 Å². The molecule has 1 aromatic heterocycles. The summed E-state index contributed by atoms with van der Waals surface area (Å²) in [5.74, 6) is -1.88. The number of hydrogen-bond donors (Lipinski definition) is 1. The summed E-state index contributed by atoms with van der Waals surface area (Å²) in [7, 11) is -2.63. The Morgan fingerprint density at radius 3 is 2.30 bits per heavy atom. The van der Waals surface area contributed by atoms with E-state index in [0.29, 0.717) is 22.3 Å². The maximum atomic E-state index is 12.8. The van der Waals surface area contributed by atoms with E-state index in [4.69, 9.17) is 0 Å². The van der Waals surface area contributed by atoms with Crippen molar-refractivity contribution in [2.45, 2.75) is 30.5 Å². The summed E-state index contributed by atoms with van der Waals surface area (Å²) in [6.07, 6.45) is -3.15. The van der Waals surface area contributed by atoms with Crippen molar-refractivity contribution in [1.82, 2.24) is 24.0 Å². The monoisotopic (exact) mass is 447 g/mol. The van der Waals surface area contributed by atoms with Crippen LogP contribution in [0.3, 0.4) is 0 Å². The maximum absolute atomic E-state index is 12.8. The van der Waals surface area contributed by atoms with Crippen molar-refractivity contribution in [1.29, 1.82) is 0 Å². The molecule has 13 heteroatoms. The van der Waals surface area contributed by atoms with Gasteiger partial charge in [-0.15, -0.1) is 5.10 Å². The molecular formula is C17H20F3N5O4S. The fourth-order valence-corrected chi connectivity index (χ4v) is 4.63. The van der Waals surface area contributed by atoms with E-state index < -0.39 is 33.6 Å². The van der Waals surface area contributed by atoms with Gasteiger partial charge in [0.25, 0.3) is 5.91 Å². The Hall–Kier alpha value is -2.67. The molecule has 1 N–H and O–H groups in total. The van der Waals surface area contributed by atoms with Gasteiger partial charge < -0.3 is 5.32 Å². The van der Waals surface area contributed by atoms with Crippen LogP contribution in [-0.4, -0.2) is 52.6 Å². The molecule has 0 bridgehead atoms. The lowest BCUT2D eigenvalue weighted by Gasteiger charge is -2.15. The molecule has 1 fully saturated rings. The van der Waals surface area contributed by atoms with Crippen LogP contribution in [0.15, 0.2) is 34.0 Å². The standard InChI is InChI=1S/C17H20F3N5O4S/c1-23-15(17(18,19)20)22-25(16(23)27)11-8-21-14(26)12-4-6-13(7-5-12)30(28,29)24-9-2-3-10-24/h4-7H,2-3,8-11H2,1H3,(H,21,26). The molecule has 1 amide bonds. The minimum atomic E-state index is -4.76. The zero-order valence-electron chi connectivity index (χ0n) is 16.0. The van der Waals surface area contributed by atoms with Gasteiger partial charge in [0.1, 0.15) is 0 Å². The largest absolute Gasteiger partial charge is 0.451 e. The van der Waals surface area contributed by atoms with E-state index in [1.165, 1.54) is 28.6 Å². The molecule has 2 heterocycles. The van der Waals surface area contributed by atoms with Crippen LogP contribution in [0.4, 0.5) is 13.2 Å². The van der Waals surface area contributed by atoms with Crippen LogP contribution < -0.4 is 11.0 Å². The van der Waals surface area contributed by atoms with E-state index in [1.807, 2.05) is 0 Å². The topological polar surface area (TPSA) is 106 Å². The third-order valence-corrected chi connectivity index (χ3v) is 6.64. The van der Waals surface area contributed by atoms with Crippen molar-refractivity contribution in [2.24, 2.45) is 7.05 Å². The number of halogens is 3. The summed E-state index contributed by atoms with van der Waals surface area (Å²) in [6.45, 7) is 0.540.